The second-order valence-corrected chi connectivity index (χ2v) is 6.31. The van der Waals surface area contributed by atoms with E-state index in [9.17, 15) is 9.18 Å². The van der Waals surface area contributed by atoms with Crippen molar-refractivity contribution in [2.24, 2.45) is 0 Å². The van der Waals surface area contributed by atoms with Crippen LogP contribution in [0.5, 0.6) is 11.5 Å². The molecule has 1 aliphatic heterocycles. The molecule has 6 nitrogen and oxygen atoms in total. The molecule has 0 fully saturated rings. The van der Waals surface area contributed by atoms with Crippen LogP contribution in [-0.2, 0) is 6.42 Å². The smallest absolute Gasteiger partial charge is 0.272 e. The highest BCUT2D eigenvalue weighted by atomic mass is 19.1. The molecule has 0 bridgehead atoms. The van der Waals surface area contributed by atoms with Gasteiger partial charge in [-0.1, -0.05) is 18.2 Å². The van der Waals surface area contributed by atoms with Gasteiger partial charge in [0.25, 0.3) is 5.56 Å². The number of aromatic amines is 1. The van der Waals surface area contributed by atoms with Gasteiger partial charge in [0.1, 0.15) is 5.82 Å². The van der Waals surface area contributed by atoms with Crippen LogP contribution in [0.2, 0.25) is 0 Å². The Bertz CT molecular complexity index is 1230. The van der Waals surface area contributed by atoms with Crippen LogP contribution in [0, 0.1) is 5.82 Å². The first kappa shape index (κ1) is 15.6. The topological polar surface area (TPSA) is 68.6 Å². The monoisotopic (exact) mass is 363 g/mol. The minimum absolute atomic E-state index is 0.213. The summed E-state index contributed by atoms with van der Waals surface area (Å²) in [6.07, 6.45) is 2.12. The number of H-pyrrole nitrogens is 1. The summed E-state index contributed by atoms with van der Waals surface area (Å²) in [7, 11) is 0. The molecule has 4 aromatic rings. The second-order valence-electron chi connectivity index (χ2n) is 6.31. The number of hydrogen-bond acceptors (Lipinski definition) is 4. The molecule has 0 saturated heterocycles. The fraction of sp³-hybridized carbons (Fsp3) is 0.100. The highest BCUT2D eigenvalue weighted by Crippen LogP contribution is 2.33. The molecular weight excluding hydrogens is 349 g/mol. The van der Waals surface area contributed by atoms with Gasteiger partial charge in [-0.25, -0.2) is 13.9 Å². The van der Waals surface area contributed by atoms with Crippen LogP contribution >= 0.6 is 0 Å². The SMILES string of the molecule is O=c1cc(Cc2ccc3c(c2)OCO3)nc2c(-c3cccc(F)c3)c[nH]n12. The minimum atomic E-state index is -0.342. The van der Waals surface area contributed by atoms with Crippen molar-refractivity contribution in [3.05, 3.63) is 82.2 Å². The zero-order chi connectivity index (χ0) is 18.4. The third-order valence-corrected chi connectivity index (χ3v) is 4.51. The van der Waals surface area contributed by atoms with E-state index in [2.05, 4.69) is 10.1 Å². The maximum absolute atomic E-state index is 13.6. The second kappa shape index (κ2) is 5.98. The van der Waals surface area contributed by atoms with Crippen LogP contribution in [0.25, 0.3) is 16.8 Å². The van der Waals surface area contributed by atoms with Gasteiger partial charge in [-0.3, -0.25) is 9.89 Å². The highest BCUT2D eigenvalue weighted by Gasteiger charge is 2.15. The predicted molar refractivity (Wildman–Crippen MR) is 96.6 cm³/mol. The Morgan fingerprint density at radius 1 is 1.11 bits per heavy atom. The first-order valence-electron chi connectivity index (χ1n) is 8.42. The maximum atomic E-state index is 13.6. The summed E-state index contributed by atoms with van der Waals surface area (Å²) in [5, 5.41) is 2.88. The number of halogens is 1. The van der Waals surface area contributed by atoms with Gasteiger partial charge in [0.15, 0.2) is 17.1 Å². The predicted octanol–water partition coefficient (Wildman–Crippen LogP) is 3.15. The van der Waals surface area contributed by atoms with Crippen molar-refractivity contribution in [1.29, 1.82) is 0 Å². The first-order chi connectivity index (χ1) is 13.2. The van der Waals surface area contributed by atoms with Gasteiger partial charge in [-0.05, 0) is 35.4 Å². The van der Waals surface area contributed by atoms with Crippen LogP contribution in [0.15, 0.2) is 59.5 Å². The van der Waals surface area contributed by atoms with Crippen molar-refractivity contribution in [3.63, 3.8) is 0 Å². The van der Waals surface area contributed by atoms with E-state index < -0.39 is 0 Å². The van der Waals surface area contributed by atoms with E-state index in [1.165, 1.54) is 22.7 Å². The fourth-order valence-corrected chi connectivity index (χ4v) is 3.25. The van der Waals surface area contributed by atoms with E-state index in [0.29, 0.717) is 40.4 Å². The number of ether oxygens (including phenoxy) is 2. The molecule has 2 aromatic carbocycles. The Hall–Kier alpha value is -3.61. The summed E-state index contributed by atoms with van der Waals surface area (Å²) in [5.74, 6) is 1.05. The Labute approximate surface area is 152 Å². The first-order valence-corrected chi connectivity index (χ1v) is 8.42. The maximum Gasteiger partial charge on any atom is 0.272 e. The number of nitrogens with zero attached hydrogens (tertiary/aromatic N) is 2. The standard InChI is InChI=1S/C20H14FN3O3/c21-14-3-1-2-13(8-14)16-10-22-24-19(25)9-15(23-20(16)24)6-12-4-5-17-18(7-12)27-11-26-17/h1-5,7-10,22H,6,11H2. The molecule has 0 atom stereocenters. The Kier molecular flexibility index (Phi) is 3.46. The number of nitrogens with one attached hydrogen (secondary N) is 1. The third-order valence-electron chi connectivity index (χ3n) is 4.51. The molecule has 0 saturated carbocycles. The molecule has 0 radical (unpaired) electrons. The van der Waals surface area contributed by atoms with Crippen molar-refractivity contribution in [1.82, 2.24) is 14.6 Å². The van der Waals surface area contributed by atoms with E-state index in [1.807, 2.05) is 18.2 Å². The summed E-state index contributed by atoms with van der Waals surface area (Å²) in [4.78, 5) is 17.1. The number of hydrogen-bond donors (Lipinski definition) is 1. The van der Waals surface area contributed by atoms with Crippen molar-refractivity contribution < 1.29 is 13.9 Å². The lowest BCUT2D eigenvalue weighted by Crippen LogP contribution is -2.15. The molecule has 1 N–H and O–H groups in total. The summed E-state index contributed by atoms with van der Waals surface area (Å²) in [6, 6.07) is 13.3. The molecule has 27 heavy (non-hydrogen) atoms. The zero-order valence-corrected chi connectivity index (χ0v) is 14.1. The quantitative estimate of drug-likeness (QED) is 0.607. The molecule has 7 heteroatoms. The van der Waals surface area contributed by atoms with Crippen LogP contribution in [-0.4, -0.2) is 21.4 Å². The lowest BCUT2D eigenvalue weighted by molar-refractivity contribution is 0.174. The molecule has 0 spiro atoms. The average Bonchev–Trinajstić information content (AvgIpc) is 3.28. The van der Waals surface area contributed by atoms with Gasteiger partial charge >= 0.3 is 0 Å². The van der Waals surface area contributed by atoms with E-state index in [-0.39, 0.29) is 18.2 Å². The van der Waals surface area contributed by atoms with Gasteiger partial charge in [0.2, 0.25) is 6.79 Å². The number of rotatable bonds is 3. The van der Waals surface area contributed by atoms with Crippen molar-refractivity contribution in [2.45, 2.75) is 6.42 Å². The summed E-state index contributed by atoms with van der Waals surface area (Å²) in [6.45, 7) is 0.213. The zero-order valence-electron chi connectivity index (χ0n) is 14.1. The summed E-state index contributed by atoms with van der Waals surface area (Å²) in [5.41, 5.74) is 3.14. The molecule has 1 aliphatic rings. The fourth-order valence-electron chi connectivity index (χ4n) is 3.25. The molecule has 3 heterocycles. The van der Waals surface area contributed by atoms with Crippen LogP contribution in [0.3, 0.4) is 0 Å². The molecule has 134 valence electrons. The molecule has 5 rings (SSSR count). The van der Waals surface area contributed by atoms with E-state index >= 15 is 0 Å². The van der Waals surface area contributed by atoms with Gasteiger partial charge < -0.3 is 9.47 Å². The summed E-state index contributed by atoms with van der Waals surface area (Å²) < 4.78 is 25.7. The van der Waals surface area contributed by atoms with E-state index in [1.54, 1.807) is 18.3 Å². The molecule has 0 unspecified atom stereocenters. The third kappa shape index (κ3) is 2.73. The average molecular weight is 363 g/mol. The Morgan fingerprint density at radius 3 is 2.89 bits per heavy atom. The lowest BCUT2D eigenvalue weighted by Gasteiger charge is -2.05. The van der Waals surface area contributed by atoms with E-state index in [0.717, 1.165) is 5.56 Å². The van der Waals surface area contributed by atoms with Crippen LogP contribution in [0.4, 0.5) is 4.39 Å². The van der Waals surface area contributed by atoms with Crippen molar-refractivity contribution in [3.8, 4) is 22.6 Å². The van der Waals surface area contributed by atoms with Crippen molar-refractivity contribution >= 4 is 5.65 Å². The van der Waals surface area contributed by atoms with Gasteiger partial charge in [0, 0.05) is 24.2 Å². The summed E-state index contributed by atoms with van der Waals surface area (Å²) >= 11 is 0. The molecule has 0 amide bonds. The molecular formula is C20H14FN3O3. The van der Waals surface area contributed by atoms with Crippen molar-refractivity contribution in [2.75, 3.05) is 6.79 Å². The van der Waals surface area contributed by atoms with Gasteiger partial charge in [0.05, 0.1) is 5.69 Å². The van der Waals surface area contributed by atoms with Crippen LogP contribution in [0.1, 0.15) is 11.3 Å². The van der Waals surface area contributed by atoms with Gasteiger partial charge in [-0.15, -0.1) is 0 Å². The van der Waals surface area contributed by atoms with E-state index in [4.69, 9.17) is 9.47 Å². The molecule has 2 aromatic heterocycles. The Balaban J connectivity index is 1.58. The highest BCUT2D eigenvalue weighted by molar-refractivity contribution is 5.76. The number of aromatic nitrogens is 3. The number of benzene rings is 2. The number of fused-ring (bicyclic) bond motifs is 2. The largest absolute Gasteiger partial charge is 0.454 e. The Morgan fingerprint density at radius 2 is 2.00 bits per heavy atom. The van der Waals surface area contributed by atoms with Crippen LogP contribution < -0.4 is 15.0 Å². The molecule has 0 aliphatic carbocycles. The minimum Gasteiger partial charge on any atom is -0.454 e. The normalized spacial score (nSPS) is 12.6. The van der Waals surface area contributed by atoms with Gasteiger partial charge in [-0.2, -0.15) is 0 Å². The lowest BCUT2D eigenvalue weighted by atomic mass is 10.1.